The van der Waals surface area contributed by atoms with Gasteiger partial charge in [0.2, 0.25) is 0 Å². The van der Waals surface area contributed by atoms with E-state index in [0.717, 1.165) is 6.07 Å². The number of hydrogen-bond acceptors (Lipinski definition) is 6. The molecule has 0 atom stereocenters. The lowest BCUT2D eigenvalue weighted by atomic mass is 10.2. The number of hydrogen-bond donors (Lipinski definition) is 2. The Balaban J connectivity index is 2.47. The Morgan fingerprint density at radius 2 is 2.10 bits per heavy atom. The minimum Gasteiger partial charge on any atom is -0.326 e. The highest BCUT2D eigenvalue weighted by Crippen LogP contribution is 2.24. The van der Waals surface area contributed by atoms with Crippen molar-refractivity contribution in [1.82, 2.24) is 15.2 Å². The molecule has 1 aromatic carbocycles. The number of rotatable bonds is 4. The Kier molecular flexibility index (Phi) is 4.26. The molecule has 0 radical (unpaired) electrons. The lowest BCUT2D eigenvalue weighted by Crippen LogP contribution is -2.18. The number of benzene rings is 1. The van der Waals surface area contributed by atoms with Crippen LogP contribution in [-0.2, 0) is 16.6 Å². The molecule has 2 rings (SSSR count). The molecule has 1 heterocycles. The first-order valence-corrected chi connectivity index (χ1v) is 7.56. The van der Waals surface area contributed by atoms with Crippen molar-refractivity contribution >= 4 is 31.9 Å². The number of aromatic nitrogens is 3. The summed E-state index contributed by atoms with van der Waals surface area (Å²) < 4.78 is 40.8. The van der Waals surface area contributed by atoms with Crippen molar-refractivity contribution < 1.29 is 12.8 Å². The summed E-state index contributed by atoms with van der Waals surface area (Å²) >= 11 is 3.11. The molecule has 0 saturated carbocycles. The molecule has 2 aromatic rings. The molecule has 1 aromatic heterocycles. The molecule has 0 bridgehead atoms. The fourth-order valence-corrected chi connectivity index (χ4v) is 3.18. The van der Waals surface area contributed by atoms with Crippen molar-refractivity contribution in [2.75, 3.05) is 4.72 Å². The third kappa shape index (κ3) is 3.08. The van der Waals surface area contributed by atoms with Crippen LogP contribution in [0.25, 0.3) is 0 Å². The third-order valence-corrected chi connectivity index (χ3v) is 4.08. The predicted molar refractivity (Wildman–Crippen MR) is 72.6 cm³/mol. The number of sulfonamides is 1. The molecule has 0 spiro atoms. The van der Waals surface area contributed by atoms with Crippen LogP contribution in [0.3, 0.4) is 0 Å². The summed E-state index contributed by atoms with van der Waals surface area (Å²) in [4.78, 5) is 3.12. The van der Waals surface area contributed by atoms with E-state index in [-0.39, 0.29) is 18.1 Å². The highest BCUT2D eigenvalue weighted by Gasteiger charge is 2.23. The van der Waals surface area contributed by atoms with Gasteiger partial charge in [-0.3, -0.25) is 0 Å². The van der Waals surface area contributed by atoms with E-state index in [4.69, 9.17) is 5.73 Å². The third-order valence-electron chi connectivity index (χ3n) is 2.30. The first-order chi connectivity index (χ1) is 9.44. The Morgan fingerprint density at radius 3 is 2.70 bits per heavy atom. The van der Waals surface area contributed by atoms with Crippen molar-refractivity contribution in [3.63, 3.8) is 0 Å². The first-order valence-electron chi connectivity index (χ1n) is 5.28. The summed E-state index contributed by atoms with van der Waals surface area (Å²) in [5.41, 5.74) is 5.45. The maximum absolute atomic E-state index is 14.1. The van der Waals surface area contributed by atoms with Crippen LogP contribution >= 0.6 is 15.9 Å². The van der Waals surface area contributed by atoms with Gasteiger partial charge in [-0.05, 0) is 12.1 Å². The predicted octanol–water partition coefficient (Wildman–Crippen LogP) is 1.03. The summed E-state index contributed by atoms with van der Waals surface area (Å²) in [6.45, 7) is -0.128. The normalized spacial score (nSPS) is 11.3. The smallest absolute Gasteiger partial charge is 0.267 e. The molecule has 106 valence electrons. The van der Waals surface area contributed by atoms with Gasteiger partial charge in [0.1, 0.15) is 10.7 Å². The van der Waals surface area contributed by atoms with Crippen LogP contribution in [0.15, 0.2) is 33.9 Å². The van der Waals surface area contributed by atoms with Crippen LogP contribution in [0, 0.1) is 5.82 Å². The number of nitrogens with two attached hydrogens (primary N) is 1. The monoisotopic (exact) mass is 361 g/mol. The molecule has 20 heavy (non-hydrogen) atoms. The topological polar surface area (TPSA) is 111 Å². The highest BCUT2D eigenvalue weighted by molar-refractivity contribution is 9.10. The van der Waals surface area contributed by atoms with Crippen LogP contribution in [0.4, 0.5) is 10.3 Å². The molecule has 0 amide bonds. The molecule has 0 saturated heterocycles. The zero-order valence-electron chi connectivity index (χ0n) is 9.92. The highest BCUT2D eigenvalue weighted by atomic mass is 79.9. The van der Waals surface area contributed by atoms with Crippen molar-refractivity contribution in [3.05, 3.63) is 40.4 Å². The van der Waals surface area contributed by atoms with E-state index < -0.39 is 20.7 Å². The van der Waals surface area contributed by atoms with Crippen LogP contribution in [0.1, 0.15) is 5.56 Å². The van der Waals surface area contributed by atoms with Crippen molar-refractivity contribution in [3.8, 4) is 0 Å². The number of anilines is 1. The number of nitrogens with one attached hydrogen (secondary N) is 1. The standard InChI is InChI=1S/C10H9BrFN5O2S/c11-7-3-6(5-13)9(12)8(4-7)20(18,19)17-10-14-1-2-15-16-10/h1-4H,5,13H2,(H,14,16,17). The van der Waals surface area contributed by atoms with E-state index in [1.165, 1.54) is 18.5 Å². The second kappa shape index (κ2) is 5.77. The van der Waals surface area contributed by atoms with Crippen molar-refractivity contribution in [2.45, 2.75) is 11.4 Å². The van der Waals surface area contributed by atoms with E-state index in [0.29, 0.717) is 4.47 Å². The number of nitrogens with zero attached hydrogens (tertiary/aromatic N) is 3. The average molecular weight is 362 g/mol. The minimum absolute atomic E-state index is 0.0758. The van der Waals surface area contributed by atoms with Crippen LogP contribution in [-0.4, -0.2) is 23.6 Å². The van der Waals surface area contributed by atoms with Gasteiger partial charge in [-0.25, -0.2) is 22.5 Å². The Hall–Kier alpha value is -1.65. The lowest BCUT2D eigenvalue weighted by molar-refractivity contribution is 0.560. The van der Waals surface area contributed by atoms with Crippen LogP contribution in [0.5, 0.6) is 0 Å². The van der Waals surface area contributed by atoms with Gasteiger partial charge in [0.05, 0.1) is 12.4 Å². The lowest BCUT2D eigenvalue weighted by Gasteiger charge is -2.10. The molecule has 3 N–H and O–H groups in total. The molecule has 0 fully saturated rings. The second-order valence-electron chi connectivity index (χ2n) is 3.65. The summed E-state index contributed by atoms with van der Waals surface area (Å²) in [5, 5.41) is 6.95. The zero-order valence-corrected chi connectivity index (χ0v) is 12.3. The van der Waals surface area contributed by atoms with Crippen molar-refractivity contribution in [1.29, 1.82) is 0 Å². The molecular weight excluding hydrogens is 353 g/mol. The van der Waals surface area contributed by atoms with Gasteiger partial charge in [0.15, 0.2) is 0 Å². The molecular formula is C10H9BrFN5O2S. The summed E-state index contributed by atoms with van der Waals surface area (Å²) in [5.74, 6) is -1.16. The van der Waals surface area contributed by atoms with Gasteiger partial charge in [0.25, 0.3) is 16.0 Å². The van der Waals surface area contributed by atoms with Gasteiger partial charge in [-0.15, -0.1) is 5.10 Å². The maximum Gasteiger partial charge on any atom is 0.267 e. The molecule has 10 heteroatoms. The van der Waals surface area contributed by atoms with Gasteiger partial charge >= 0.3 is 0 Å². The van der Waals surface area contributed by atoms with Crippen LogP contribution < -0.4 is 10.5 Å². The quantitative estimate of drug-likeness (QED) is 0.841. The van der Waals surface area contributed by atoms with Gasteiger partial charge in [-0.1, -0.05) is 15.9 Å². The molecule has 0 aliphatic heterocycles. The van der Waals surface area contributed by atoms with Crippen LogP contribution in [0.2, 0.25) is 0 Å². The SMILES string of the molecule is NCc1cc(Br)cc(S(=O)(=O)Nc2nccnn2)c1F. The fraction of sp³-hybridized carbons (Fsp3) is 0.100. The zero-order chi connectivity index (χ0) is 14.8. The Morgan fingerprint density at radius 1 is 1.35 bits per heavy atom. The Bertz CT molecular complexity index is 726. The van der Waals surface area contributed by atoms with Gasteiger partial charge in [0, 0.05) is 16.6 Å². The molecule has 7 nitrogen and oxygen atoms in total. The van der Waals surface area contributed by atoms with Gasteiger partial charge < -0.3 is 5.73 Å². The van der Waals surface area contributed by atoms with E-state index >= 15 is 0 Å². The fourth-order valence-electron chi connectivity index (χ4n) is 1.43. The van der Waals surface area contributed by atoms with E-state index in [1.807, 2.05) is 4.72 Å². The largest absolute Gasteiger partial charge is 0.326 e. The maximum atomic E-state index is 14.1. The average Bonchev–Trinajstić information content (AvgIpc) is 2.41. The van der Waals surface area contributed by atoms with Crippen molar-refractivity contribution in [2.24, 2.45) is 5.73 Å². The van der Waals surface area contributed by atoms with E-state index in [2.05, 4.69) is 31.1 Å². The summed E-state index contributed by atoms with van der Waals surface area (Å²) in [6, 6.07) is 2.54. The Labute approximate surface area is 122 Å². The summed E-state index contributed by atoms with van der Waals surface area (Å²) in [7, 11) is -4.17. The molecule has 0 aliphatic rings. The molecule has 0 aliphatic carbocycles. The van der Waals surface area contributed by atoms with E-state index in [9.17, 15) is 12.8 Å². The number of halogens is 2. The second-order valence-corrected chi connectivity index (χ2v) is 6.22. The summed E-state index contributed by atoms with van der Waals surface area (Å²) in [6.07, 6.45) is 2.54. The van der Waals surface area contributed by atoms with Gasteiger partial charge in [-0.2, -0.15) is 5.10 Å². The first kappa shape index (κ1) is 14.8. The molecule has 0 unspecified atom stereocenters. The minimum atomic E-state index is -4.17. The van der Waals surface area contributed by atoms with E-state index in [1.54, 1.807) is 0 Å².